The Morgan fingerprint density at radius 1 is 0.302 bits per heavy atom. The highest BCUT2D eigenvalue weighted by Gasteiger charge is 2.36. The molecule has 4 heteroatoms. The lowest BCUT2D eigenvalue weighted by Crippen LogP contribution is -2.35. The molecule has 4 nitrogen and oxygen atoms in total. The molecule has 4 aromatic heterocycles. The van der Waals surface area contributed by atoms with Gasteiger partial charge in [-0.15, -0.1) is 0 Å². The van der Waals surface area contributed by atoms with Crippen molar-refractivity contribution in [2.24, 2.45) is 49.9 Å². The van der Waals surface area contributed by atoms with Crippen LogP contribution in [0.3, 0.4) is 0 Å². The second-order valence-electron chi connectivity index (χ2n) is 46.7. The number of fused-ring (bicyclic) bond motifs is 4. The van der Waals surface area contributed by atoms with Crippen molar-refractivity contribution in [3.63, 3.8) is 0 Å². The molecule has 126 heavy (non-hydrogen) atoms. The minimum Gasteiger partial charge on any atom is -0.200 e. The topological polar surface area (TPSA) is 15.5 Å². The van der Waals surface area contributed by atoms with Crippen molar-refractivity contribution in [2.45, 2.75) is 356 Å². The highest BCUT2D eigenvalue weighted by atomic mass is 15.0. The molecule has 668 valence electrons. The molecule has 0 amide bonds. The van der Waals surface area contributed by atoms with E-state index >= 15 is 0 Å². The maximum absolute atomic E-state index is 8.77. The monoisotopic (exact) mass is 1690 g/mol. The van der Waals surface area contributed by atoms with Gasteiger partial charge >= 0.3 is 0 Å². The maximum atomic E-state index is 8.77. The minimum atomic E-state index is 0.132. The third kappa shape index (κ3) is 20.8. The van der Waals surface area contributed by atoms with Crippen molar-refractivity contribution >= 4 is 43.1 Å². The second-order valence-corrected chi connectivity index (χ2v) is 46.7. The highest BCUT2D eigenvalue weighted by Crippen LogP contribution is 2.50. The summed E-state index contributed by atoms with van der Waals surface area (Å²) in [5, 5.41) is 10.7. The van der Waals surface area contributed by atoms with Crippen LogP contribution in [-0.4, -0.2) is 0 Å². The molecule has 0 radical (unpaired) electrons. The molecule has 4 fully saturated rings. The van der Waals surface area contributed by atoms with Crippen LogP contribution in [0.5, 0.6) is 0 Å². The van der Waals surface area contributed by atoms with Gasteiger partial charge < -0.3 is 0 Å². The summed E-state index contributed by atoms with van der Waals surface area (Å²) in [6.07, 6.45) is 21.6. The van der Waals surface area contributed by atoms with E-state index in [0.717, 1.165) is 0 Å². The average Bonchev–Trinajstić information content (AvgIpc) is 0.764. The Morgan fingerprint density at radius 3 is 0.960 bits per heavy atom. The molecule has 4 saturated carbocycles. The quantitative estimate of drug-likeness (QED) is 0.115. The molecule has 12 aromatic rings. The van der Waals surface area contributed by atoms with E-state index in [-0.39, 0.29) is 10.8 Å². The van der Waals surface area contributed by atoms with E-state index in [9.17, 15) is 0 Å². The van der Waals surface area contributed by atoms with Gasteiger partial charge in [-0.1, -0.05) is 217 Å². The van der Waals surface area contributed by atoms with Gasteiger partial charge in [0.25, 0.3) is 0 Å². The number of nitrogens with zero attached hydrogens (tertiary/aromatic N) is 4. The summed E-state index contributed by atoms with van der Waals surface area (Å²) in [4.78, 5) is 0. The Labute approximate surface area is 766 Å². The summed E-state index contributed by atoms with van der Waals surface area (Å²) in [7, 11) is 8.70. The number of pyridine rings is 4. The molecule has 4 heterocycles. The van der Waals surface area contributed by atoms with E-state index in [0.29, 0.717) is 69.3 Å². The number of aryl methyl sites for hydroxylation is 6. The molecule has 0 N–H and O–H groups in total. The Bertz CT molecular complexity index is 6070. The third-order valence-electron chi connectivity index (χ3n) is 31.8. The first-order valence-electron chi connectivity index (χ1n) is 49.6. The van der Waals surface area contributed by atoms with Gasteiger partial charge in [-0.25, -0.2) is 4.57 Å². The summed E-state index contributed by atoms with van der Waals surface area (Å²) in [5.41, 5.74) is 38.2. The van der Waals surface area contributed by atoms with E-state index in [1.165, 1.54) is 291 Å². The van der Waals surface area contributed by atoms with Gasteiger partial charge in [-0.05, 0) is 372 Å². The molecular weight excluding hydrogens is 1520 g/mol. The first-order chi connectivity index (χ1) is 59.4. The molecule has 0 unspecified atom stereocenters. The largest absolute Gasteiger partial charge is 0.220 e. The molecule has 4 aliphatic carbocycles. The first-order valence-corrected chi connectivity index (χ1v) is 49.1. The van der Waals surface area contributed by atoms with E-state index in [1.54, 1.807) is 0 Å². The average molecular weight is 1690 g/mol. The summed E-state index contributed by atoms with van der Waals surface area (Å²) in [6.45, 7) is 67.2. The van der Waals surface area contributed by atoms with Crippen LogP contribution in [0.2, 0.25) is 0 Å². The molecular formula is C122H164N4+4. The summed E-state index contributed by atoms with van der Waals surface area (Å²) in [6, 6.07) is 59.5. The lowest BCUT2D eigenvalue weighted by Gasteiger charge is -2.34. The molecule has 8 aromatic carbocycles. The molecule has 0 saturated heterocycles. The Balaban J connectivity index is 0.000000145. The van der Waals surface area contributed by atoms with Gasteiger partial charge in [-0.2, -0.15) is 13.7 Å². The summed E-state index contributed by atoms with van der Waals surface area (Å²) < 4.78 is 18.0. The van der Waals surface area contributed by atoms with Crippen molar-refractivity contribution in [3.8, 4) is 45.0 Å². The van der Waals surface area contributed by atoms with Crippen molar-refractivity contribution in [3.05, 3.63) is 258 Å². The number of aromatic nitrogens is 4. The molecule has 4 aliphatic rings. The molecule has 0 bridgehead atoms. The zero-order valence-corrected chi connectivity index (χ0v) is 85.1. The lowest BCUT2D eigenvalue weighted by molar-refractivity contribution is -0.665. The normalized spacial score (nSPS) is 17.2. The SMILES string of the molecule is Cc1cc(C(C)(C)C)cc(-c2c3ccc(C4CCC(C)(C)CC4)cc3cc(C)[n+]2C)c1C.Cc1cc(C(C)C)cc(-c2c3ccc(C4CCC(C)(C)CC4)cc3cc(C)[n+]2C)c1C.Cc1ccc(C(C)(C)C)cc1-c1c2ccc(C3CCC(C)(C)CC3)cc2cc(C)[n+]1C.[2H]c1cc2cc(C3CCC(C)(C)CC3)ccc2c(-c2cc(C(C)C)cc(C(C)C)c2C)[n+]1C. The predicted molar refractivity (Wildman–Crippen MR) is 545 cm³/mol. The lowest BCUT2D eigenvalue weighted by atomic mass is 9.71. The number of hydrogen-bond donors (Lipinski definition) is 0. The summed E-state index contributed by atoms with van der Waals surface area (Å²) in [5.74, 6) is 4.25. The minimum absolute atomic E-state index is 0.132. The van der Waals surface area contributed by atoms with Gasteiger partial charge in [0, 0.05) is 45.0 Å². The summed E-state index contributed by atoms with van der Waals surface area (Å²) >= 11 is 0. The molecule has 0 aliphatic heterocycles. The standard InChI is InChI=1S/2C31H42N.2C30H40N/c1-20-16-26(30(4,5)6)19-28(22(20)3)29-27-11-10-24(18-25(27)17-21(2)32(29)9)23-12-14-31(7,8)15-13-23;1-20(2)26-18-28(21(3)4)22(5)29(19-26)30-27-10-9-24(17-25(27)13-16-32(30)8)23-11-14-31(6,7)15-12-23;1-20-9-11-25(29(3,4)5)19-27(20)28-26-12-10-23(18-24(26)17-21(2)31(28)8)22-13-15-30(6,7)16-14-22;1-19(2)25-15-20(3)22(5)28(18-25)29-27-10-9-24(17-26(27)16-21(4)31(29)8)23-11-13-30(6,7)14-12-23/h10-11,16-19,23H,12-15H2,1-9H3;9-10,13,16-21,23H,11-12,14-15H2,1-8H3;9-12,17-19,22H,13-16H2,1-8H3;9-10,15-19,23H,11-14H2,1-8H3/q4*+1/i;16D;;. The smallest absolute Gasteiger partial charge is 0.200 e. The Kier molecular flexibility index (Phi) is 27.5. The van der Waals surface area contributed by atoms with Crippen LogP contribution in [-0.2, 0) is 39.0 Å². The van der Waals surface area contributed by atoms with Crippen LogP contribution in [0.25, 0.3) is 88.1 Å². The maximum Gasteiger partial charge on any atom is 0.220 e. The zero-order chi connectivity index (χ0) is 92.5. The van der Waals surface area contributed by atoms with Crippen LogP contribution in [0.4, 0.5) is 0 Å². The Hall–Kier alpha value is -8.60. The van der Waals surface area contributed by atoms with Crippen LogP contribution in [0, 0.1) is 84.0 Å². The van der Waals surface area contributed by atoms with Crippen LogP contribution < -0.4 is 18.3 Å². The van der Waals surface area contributed by atoms with E-state index < -0.39 is 0 Å². The molecule has 16 rings (SSSR count). The van der Waals surface area contributed by atoms with Crippen molar-refractivity contribution in [1.29, 1.82) is 0 Å². The second kappa shape index (κ2) is 37.1. The highest BCUT2D eigenvalue weighted by molar-refractivity contribution is 5.98. The fraction of sp³-hybridized carbons (Fsp3) is 0.508. The van der Waals surface area contributed by atoms with Crippen molar-refractivity contribution in [2.75, 3.05) is 0 Å². The van der Waals surface area contributed by atoms with Crippen LogP contribution in [0.15, 0.2) is 158 Å². The van der Waals surface area contributed by atoms with Gasteiger partial charge in [-0.3, -0.25) is 0 Å². The number of hydrogen-bond acceptors (Lipinski definition) is 0. The van der Waals surface area contributed by atoms with Crippen molar-refractivity contribution in [1.82, 2.24) is 0 Å². The van der Waals surface area contributed by atoms with Gasteiger partial charge in [0.15, 0.2) is 23.3 Å². The van der Waals surface area contributed by atoms with Crippen LogP contribution in [0.1, 0.15) is 385 Å². The molecule has 0 atom stereocenters. The van der Waals surface area contributed by atoms with E-state index in [4.69, 9.17) is 1.37 Å². The van der Waals surface area contributed by atoms with E-state index in [1.807, 2.05) is 7.05 Å². The van der Waals surface area contributed by atoms with E-state index in [2.05, 4.69) is 392 Å². The van der Waals surface area contributed by atoms with Gasteiger partial charge in [0.2, 0.25) is 22.8 Å². The zero-order valence-electron chi connectivity index (χ0n) is 86.1. The first kappa shape index (κ1) is 93.5. The fourth-order valence-electron chi connectivity index (χ4n) is 21.6. The van der Waals surface area contributed by atoms with Gasteiger partial charge in [0.1, 0.15) is 29.6 Å². The Morgan fingerprint density at radius 2 is 0.611 bits per heavy atom. The van der Waals surface area contributed by atoms with Crippen molar-refractivity contribution < 1.29 is 19.6 Å². The third-order valence-corrected chi connectivity index (χ3v) is 31.8. The van der Waals surface area contributed by atoms with Gasteiger partial charge in [0.05, 0.1) is 43.8 Å². The number of rotatable bonds is 11. The van der Waals surface area contributed by atoms with Crippen LogP contribution >= 0.6 is 0 Å². The molecule has 0 spiro atoms. The predicted octanol–water partition coefficient (Wildman–Crippen LogP) is 32.8. The number of benzene rings is 8. The fourth-order valence-corrected chi connectivity index (χ4v) is 21.6.